The molecule has 0 bridgehead atoms. The zero-order valence-electron chi connectivity index (χ0n) is 15.2. The highest BCUT2D eigenvalue weighted by molar-refractivity contribution is 4.55. The second-order valence-electron chi connectivity index (χ2n) is 6.90. The molecule has 0 radical (unpaired) electrons. The van der Waals surface area contributed by atoms with E-state index in [0.29, 0.717) is 6.61 Å². The fourth-order valence-corrected chi connectivity index (χ4v) is 3.09. The molecule has 0 spiro atoms. The third-order valence-corrected chi connectivity index (χ3v) is 4.57. The third-order valence-electron chi connectivity index (χ3n) is 4.57. The van der Waals surface area contributed by atoms with Crippen LogP contribution in [0.4, 0.5) is 0 Å². The van der Waals surface area contributed by atoms with Crippen molar-refractivity contribution in [3.8, 4) is 0 Å². The number of aliphatic hydroxyl groups is 2. The minimum Gasteiger partial charge on any atom is -0.396 e. The van der Waals surface area contributed by atoms with Crippen molar-refractivity contribution < 1.29 is 10.2 Å². The lowest BCUT2D eigenvalue weighted by Crippen LogP contribution is -2.04. The van der Waals surface area contributed by atoms with Crippen molar-refractivity contribution >= 4 is 0 Å². The van der Waals surface area contributed by atoms with Gasteiger partial charge in [-0.3, -0.25) is 0 Å². The van der Waals surface area contributed by atoms with Gasteiger partial charge in [0.1, 0.15) is 0 Å². The highest BCUT2D eigenvalue weighted by Crippen LogP contribution is 2.14. The average Bonchev–Trinajstić information content (AvgIpc) is 2.51. The van der Waals surface area contributed by atoms with Crippen LogP contribution in [-0.4, -0.2) is 22.9 Å². The summed E-state index contributed by atoms with van der Waals surface area (Å²) in [6.07, 6.45) is 21.5. The minimum atomic E-state index is -0.0476. The Hall–Kier alpha value is -0.0800. The first-order valence-electron chi connectivity index (χ1n) is 10.1. The lowest BCUT2D eigenvalue weighted by Gasteiger charge is -2.08. The van der Waals surface area contributed by atoms with Crippen molar-refractivity contribution in [1.29, 1.82) is 0 Å². The van der Waals surface area contributed by atoms with Crippen LogP contribution in [0.2, 0.25) is 0 Å². The van der Waals surface area contributed by atoms with E-state index in [0.717, 1.165) is 25.7 Å². The van der Waals surface area contributed by atoms with Crippen LogP contribution in [0.15, 0.2) is 0 Å². The standard InChI is InChI=1S/C20H42O2/c1-2-17-20(22)18-15-13-11-9-7-5-3-4-6-8-10-12-14-16-19-21/h20-22H,2-19H2,1H3. The predicted molar refractivity (Wildman–Crippen MR) is 97.3 cm³/mol. The number of rotatable bonds is 18. The Morgan fingerprint density at radius 3 is 1.27 bits per heavy atom. The van der Waals surface area contributed by atoms with Gasteiger partial charge in [0.05, 0.1) is 6.10 Å². The summed E-state index contributed by atoms with van der Waals surface area (Å²) < 4.78 is 0. The quantitative estimate of drug-likeness (QED) is 0.305. The molecular weight excluding hydrogens is 272 g/mol. The second-order valence-corrected chi connectivity index (χ2v) is 6.90. The molecule has 0 aliphatic rings. The van der Waals surface area contributed by atoms with Crippen LogP contribution in [-0.2, 0) is 0 Å². The maximum Gasteiger partial charge on any atom is 0.0540 e. The molecule has 0 fully saturated rings. The summed E-state index contributed by atoms with van der Waals surface area (Å²) in [6, 6.07) is 0. The van der Waals surface area contributed by atoms with E-state index in [1.165, 1.54) is 83.5 Å². The lowest BCUT2D eigenvalue weighted by molar-refractivity contribution is 0.150. The maximum atomic E-state index is 9.64. The van der Waals surface area contributed by atoms with Gasteiger partial charge in [-0.05, 0) is 19.3 Å². The molecule has 0 heterocycles. The maximum absolute atomic E-state index is 9.64. The number of unbranched alkanes of at least 4 members (excludes halogenated alkanes) is 13. The van der Waals surface area contributed by atoms with Gasteiger partial charge in [-0.25, -0.2) is 0 Å². The number of aliphatic hydroxyl groups excluding tert-OH is 2. The first-order chi connectivity index (χ1) is 10.8. The second kappa shape index (κ2) is 19.0. The molecule has 2 N–H and O–H groups in total. The molecule has 0 saturated carbocycles. The Morgan fingerprint density at radius 1 is 0.545 bits per heavy atom. The van der Waals surface area contributed by atoms with Crippen molar-refractivity contribution in [2.75, 3.05) is 6.61 Å². The zero-order valence-corrected chi connectivity index (χ0v) is 15.2. The number of hydrogen-bond acceptors (Lipinski definition) is 2. The summed E-state index contributed by atoms with van der Waals surface area (Å²) >= 11 is 0. The van der Waals surface area contributed by atoms with Crippen molar-refractivity contribution in [2.45, 2.75) is 122 Å². The summed E-state index contributed by atoms with van der Waals surface area (Å²) in [5, 5.41) is 18.3. The summed E-state index contributed by atoms with van der Waals surface area (Å²) in [7, 11) is 0. The van der Waals surface area contributed by atoms with Crippen LogP contribution < -0.4 is 0 Å². The normalized spacial score (nSPS) is 12.7. The molecule has 0 aliphatic carbocycles. The molecule has 0 saturated heterocycles. The van der Waals surface area contributed by atoms with Crippen LogP contribution in [0, 0.1) is 0 Å². The lowest BCUT2D eigenvalue weighted by atomic mass is 10.0. The van der Waals surface area contributed by atoms with E-state index in [2.05, 4.69) is 6.92 Å². The van der Waals surface area contributed by atoms with Crippen LogP contribution in [0.5, 0.6) is 0 Å². The van der Waals surface area contributed by atoms with E-state index in [1.807, 2.05) is 0 Å². The Bertz CT molecular complexity index is 194. The first-order valence-corrected chi connectivity index (χ1v) is 10.1. The molecule has 2 heteroatoms. The smallest absolute Gasteiger partial charge is 0.0540 e. The van der Waals surface area contributed by atoms with Gasteiger partial charge >= 0.3 is 0 Å². The summed E-state index contributed by atoms with van der Waals surface area (Å²) in [5.74, 6) is 0. The van der Waals surface area contributed by atoms with Gasteiger partial charge in [0.2, 0.25) is 0 Å². The molecule has 0 amide bonds. The van der Waals surface area contributed by atoms with Crippen LogP contribution >= 0.6 is 0 Å². The molecule has 0 aromatic heterocycles. The van der Waals surface area contributed by atoms with Crippen LogP contribution in [0.1, 0.15) is 116 Å². The molecule has 134 valence electrons. The van der Waals surface area contributed by atoms with Gasteiger partial charge in [-0.15, -0.1) is 0 Å². The molecule has 0 aromatic carbocycles. The van der Waals surface area contributed by atoms with E-state index >= 15 is 0 Å². The predicted octanol–water partition coefficient (Wildman–Crippen LogP) is 5.99. The van der Waals surface area contributed by atoms with Crippen molar-refractivity contribution in [3.63, 3.8) is 0 Å². The average molecular weight is 315 g/mol. The largest absolute Gasteiger partial charge is 0.396 e. The van der Waals surface area contributed by atoms with Crippen molar-refractivity contribution in [1.82, 2.24) is 0 Å². The molecular formula is C20H42O2. The molecule has 0 aliphatic heterocycles. The van der Waals surface area contributed by atoms with E-state index in [4.69, 9.17) is 5.11 Å². The van der Waals surface area contributed by atoms with E-state index in [9.17, 15) is 5.11 Å². The van der Waals surface area contributed by atoms with E-state index < -0.39 is 0 Å². The van der Waals surface area contributed by atoms with Gasteiger partial charge in [0, 0.05) is 6.61 Å². The Morgan fingerprint density at radius 2 is 0.909 bits per heavy atom. The molecule has 22 heavy (non-hydrogen) atoms. The Kier molecular flexibility index (Phi) is 18.9. The first kappa shape index (κ1) is 21.9. The highest BCUT2D eigenvalue weighted by Gasteiger charge is 2.01. The van der Waals surface area contributed by atoms with Gasteiger partial charge in [-0.2, -0.15) is 0 Å². The fraction of sp³-hybridized carbons (Fsp3) is 1.00. The topological polar surface area (TPSA) is 40.5 Å². The number of hydrogen-bond donors (Lipinski definition) is 2. The molecule has 1 atom stereocenters. The summed E-state index contributed by atoms with van der Waals surface area (Å²) in [4.78, 5) is 0. The molecule has 1 unspecified atom stereocenters. The van der Waals surface area contributed by atoms with Crippen molar-refractivity contribution in [2.24, 2.45) is 0 Å². The SMILES string of the molecule is CCCC(O)CCCCCCCCCCCCCCCCO. The van der Waals surface area contributed by atoms with Gasteiger partial charge < -0.3 is 10.2 Å². The zero-order chi connectivity index (χ0) is 16.3. The van der Waals surface area contributed by atoms with Gasteiger partial charge in [-0.1, -0.05) is 96.8 Å². The van der Waals surface area contributed by atoms with E-state index in [1.54, 1.807) is 0 Å². The Labute approximate surface area is 139 Å². The molecule has 0 rings (SSSR count). The van der Waals surface area contributed by atoms with Crippen molar-refractivity contribution in [3.05, 3.63) is 0 Å². The fourth-order valence-electron chi connectivity index (χ4n) is 3.09. The van der Waals surface area contributed by atoms with Crippen LogP contribution in [0.3, 0.4) is 0 Å². The molecule has 2 nitrogen and oxygen atoms in total. The Balaban J connectivity index is 3.00. The highest BCUT2D eigenvalue weighted by atomic mass is 16.3. The summed E-state index contributed by atoms with van der Waals surface area (Å²) in [6.45, 7) is 2.50. The summed E-state index contributed by atoms with van der Waals surface area (Å²) in [5.41, 5.74) is 0. The molecule has 0 aromatic rings. The van der Waals surface area contributed by atoms with Gasteiger partial charge in [0.25, 0.3) is 0 Å². The van der Waals surface area contributed by atoms with Crippen LogP contribution in [0.25, 0.3) is 0 Å². The third kappa shape index (κ3) is 18.0. The van der Waals surface area contributed by atoms with E-state index in [-0.39, 0.29) is 6.10 Å². The van der Waals surface area contributed by atoms with Gasteiger partial charge in [0.15, 0.2) is 0 Å². The monoisotopic (exact) mass is 314 g/mol. The minimum absolute atomic E-state index is 0.0476.